The number of aliphatic hydroxyl groups is 1. The van der Waals surface area contributed by atoms with Crippen molar-refractivity contribution < 1.29 is 23.0 Å². The first kappa shape index (κ1) is 27.1. The molecule has 0 radical (unpaired) electrons. The fourth-order valence-corrected chi connectivity index (χ4v) is 5.88. The molecule has 43 heavy (non-hydrogen) atoms. The van der Waals surface area contributed by atoms with Crippen LogP contribution in [0.25, 0.3) is 22.3 Å². The molecule has 5 N–H and O–H groups in total. The van der Waals surface area contributed by atoms with Crippen molar-refractivity contribution >= 4 is 10.9 Å². The van der Waals surface area contributed by atoms with Crippen LogP contribution in [-0.2, 0) is 6.54 Å². The summed E-state index contributed by atoms with van der Waals surface area (Å²) in [5.41, 5.74) is 9.03. The van der Waals surface area contributed by atoms with E-state index in [1.54, 1.807) is 41.8 Å². The highest BCUT2D eigenvalue weighted by Gasteiger charge is 2.25. The van der Waals surface area contributed by atoms with Crippen LogP contribution in [0.2, 0.25) is 0 Å². The van der Waals surface area contributed by atoms with E-state index in [0.29, 0.717) is 53.7 Å². The number of H-pyrrole nitrogens is 2. The molecule has 3 aromatic carbocycles. The summed E-state index contributed by atoms with van der Waals surface area (Å²) in [6.45, 7) is 0.199. The summed E-state index contributed by atoms with van der Waals surface area (Å²) in [6, 6.07) is 13.9. The van der Waals surface area contributed by atoms with E-state index < -0.39 is 17.7 Å². The number of fused-ring (bicyclic) bond motifs is 9. The Morgan fingerprint density at radius 1 is 0.953 bits per heavy atom. The van der Waals surface area contributed by atoms with E-state index in [0.717, 1.165) is 5.39 Å². The predicted octanol–water partition coefficient (Wildman–Crippen LogP) is 6.50. The third kappa shape index (κ3) is 5.21. The molecule has 220 valence electrons. The Kier molecular flexibility index (Phi) is 7.04. The van der Waals surface area contributed by atoms with Gasteiger partial charge in [-0.05, 0) is 48.7 Å². The van der Waals surface area contributed by atoms with Crippen LogP contribution in [0.1, 0.15) is 48.4 Å². The molecule has 0 saturated carbocycles. The molecule has 2 atom stereocenters. The van der Waals surface area contributed by atoms with Crippen LogP contribution in [0, 0.1) is 17.5 Å². The topological polar surface area (TPSA) is 101 Å². The number of aromatic nitrogens is 3. The molecule has 0 aliphatic carbocycles. The molecule has 0 spiro atoms. The number of hydrogen-bond acceptors (Lipinski definition) is 6. The molecule has 5 aromatic rings. The van der Waals surface area contributed by atoms with E-state index in [1.165, 1.54) is 30.3 Å². The van der Waals surface area contributed by atoms with Gasteiger partial charge in [-0.1, -0.05) is 31.0 Å². The molecule has 0 fully saturated rings. The van der Waals surface area contributed by atoms with E-state index in [9.17, 15) is 9.50 Å². The van der Waals surface area contributed by atoms with Gasteiger partial charge in [0.1, 0.15) is 23.2 Å². The average molecular weight is 587 g/mol. The molecule has 0 amide bonds. The van der Waals surface area contributed by atoms with Crippen LogP contribution in [0.3, 0.4) is 0 Å². The third-order valence-electron chi connectivity index (χ3n) is 8.08. The number of hydrazine groups is 2. The summed E-state index contributed by atoms with van der Waals surface area (Å²) >= 11 is 0. The number of aliphatic hydroxyl groups excluding tert-OH is 1. The van der Waals surface area contributed by atoms with E-state index >= 15 is 8.78 Å². The first-order valence-corrected chi connectivity index (χ1v) is 14.2. The van der Waals surface area contributed by atoms with Crippen LogP contribution in [0.5, 0.6) is 11.5 Å². The normalized spacial score (nSPS) is 19.1. The Morgan fingerprint density at radius 3 is 2.70 bits per heavy atom. The molecule has 2 aliphatic rings. The summed E-state index contributed by atoms with van der Waals surface area (Å²) in [5.74, 6) is -1.38. The number of imidazole rings is 1. The molecule has 4 heterocycles. The molecule has 0 saturated heterocycles. The van der Waals surface area contributed by atoms with Gasteiger partial charge >= 0.3 is 0 Å². The lowest BCUT2D eigenvalue weighted by atomic mass is 9.90. The maximum absolute atomic E-state index is 15.5. The maximum Gasteiger partial charge on any atom is 0.168 e. The summed E-state index contributed by atoms with van der Waals surface area (Å²) in [4.78, 5) is 10.7. The lowest BCUT2D eigenvalue weighted by Gasteiger charge is -2.20. The largest absolute Gasteiger partial charge is 0.454 e. The Balaban J connectivity index is 1.33. The molecular weight excluding hydrogens is 557 g/mol. The lowest BCUT2D eigenvalue weighted by Crippen LogP contribution is -2.37. The molecule has 11 heteroatoms. The second kappa shape index (κ2) is 11.2. The van der Waals surface area contributed by atoms with Crippen LogP contribution in [0.4, 0.5) is 13.2 Å². The summed E-state index contributed by atoms with van der Waals surface area (Å²) in [6.07, 6.45) is 6.72. The predicted molar refractivity (Wildman–Crippen MR) is 155 cm³/mol. The number of rotatable bonds is 1. The van der Waals surface area contributed by atoms with Crippen LogP contribution in [-0.4, -0.2) is 31.2 Å². The van der Waals surface area contributed by atoms with Crippen LogP contribution in [0.15, 0.2) is 78.9 Å². The molecule has 6 bridgehead atoms. The molecule has 2 aliphatic heterocycles. The molecule has 7 rings (SSSR count). The van der Waals surface area contributed by atoms with Crippen molar-refractivity contribution in [3.8, 4) is 22.9 Å². The van der Waals surface area contributed by atoms with Gasteiger partial charge in [-0.25, -0.2) is 18.2 Å². The molecule has 2 unspecified atom stereocenters. The van der Waals surface area contributed by atoms with E-state index in [4.69, 9.17) is 4.74 Å². The van der Waals surface area contributed by atoms with Crippen molar-refractivity contribution in [3.05, 3.63) is 113 Å². The highest BCUT2D eigenvalue weighted by Crippen LogP contribution is 2.38. The van der Waals surface area contributed by atoms with Gasteiger partial charge < -0.3 is 25.2 Å². The second-order valence-corrected chi connectivity index (χ2v) is 10.9. The smallest absolute Gasteiger partial charge is 0.168 e. The Morgan fingerprint density at radius 2 is 1.81 bits per heavy atom. The van der Waals surface area contributed by atoms with Crippen molar-refractivity contribution in [2.45, 2.75) is 44.2 Å². The Bertz CT molecular complexity index is 1830. The van der Waals surface area contributed by atoms with Crippen molar-refractivity contribution in [2.75, 3.05) is 0 Å². The summed E-state index contributed by atoms with van der Waals surface area (Å²) in [5, 5.41) is 13.4. The highest BCUT2D eigenvalue weighted by atomic mass is 19.1. The minimum absolute atomic E-state index is 0.00785. The first-order valence-electron chi connectivity index (χ1n) is 14.2. The Labute approximate surface area is 245 Å². The number of nitrogens with one attached hydrogen (secondary N) is 4. The molecule has 8 nitrogen and oxygen atoms in total. The number of halogens is 3. The fourth-order valence-electron chi connectivity index (χ4n) is 5.88. The van der Waals surface area contributed by atoms with Gasteiger partial charge in [0, 0.05) is 52.7 Å². The zero-order valence-electron chi connectivity index (χ0n) is 23.0. The lowest BCUT2D eigenvalue weighted by molar-refractivity contribution is 0.184. The minimum atomic E-state index is -0.773. The standard InChI is InChI=1S/C32H29F3N6O2/c33-24-7-3-1-5-19(24)20-6-2-4-8-30(42)29-17-41(40-39-29)16-23-21-11-12-36-27(21)14-26(35)31(23)43-18-9-10-25(34)22(13-18)32-37-15-28(20)38-32/h1,3,5,7,9-15,17,20,30,36,39-40,42H,2,4,6,8,16H2,(H,37,38). The number of hydrogen-bond donors (Lipinski definition) is 5. The van der Waals surface area contributed by atoms with E-state index in [2.05, 4.69) is 25.9 Å². The molecular formula is C32H29F3N6O2. The minimum Gasteiger partial charge on any atom is -0.454 e. The molecule has 2 aromatic heterocycles. The van der Waals surface area contributed by atoms with Gasteiger partial charge in [-0.2, -0.15) is 0 Å². The Hall–Kier alpha value is -4.74. The number of aromatic amines is 2. The van der Waals surface area contributed by atoms with Gasteiger partial charge in [0.2, 0.25) is 0 Å². The second-order valence-electron chi connectivity index (χ2n) is 10.9. The van der Waals surface area contributed by atoms with Crippen molar-refractivity contribution in [1.29, 1.82) is 0 Å². The van der Waals surface area contributed by atoms with Crippen molar-refractivity contribution in [3.63, 3.8) is 0 Å². The fraction of sp³-hybridized carbons (Fsp3) is 0.219. The van der Waals surface area contributed by atoms with Crippen LogP contribution >= 0.6 is 0 Å². The van der Waals surface area contributed by atoms with Gasteiger partial charge in [-0.15, -0.1) is 5.53 Å². The van der Waals surface area contributed by atoms with E-state index in [1.807, 2.05) is 6.07 Å². The first-order chi connectivity index (χ1) is 20.9. The van der Waals surface area contributed by atoms with Gasteiger partial charge in [-0.3, -0.25) is 5.01 Å². The van der Waals surface area contributed by atoms with Crippen molar-refractivity contribution in [2.24, 2.45) is 0 Å². The van der Waals surface area contributed by atoms with Gasteiger partial charge in [0.05, 0.1) is 23.9 Å². The van der Waals surface area contributed by atoms with Crippen LogP contribution < -0.4 is 15.7 Å². The van der Waals surface area contributed by atoms with E-state index in [-0.39, 0.29) is 41.2 Å². The quantitative estimate of drug-likeness (QED) is 0.154. The third-order valence-corrected chi connectivity index (χ3v) is 8.08. The average Bonchev–Trinajstić information content (AvgIpc) is 3.77. The number of nitrogens with zero attached hydrogens (tertiary/aromatic N) is 2. The van der Waals surface area contributed by atoms with Gasteiger partial charge in [0.15, 0.2) is 11.6 Å². The highest BCUT2D eigenvalue weighted by molar-refractivity contribution is 5.85. The monoisotopic (exact) mass is 586 g/mol. The summed E-state index contributed by atoms with van der Waals surface area (Å²) in [7, 11) is 0. The number of benzene rings is 3. The van der Waals surface area contributed by atoms with Crippen molar-refractivity contribution in [1.82, 2.24) is 30.9 Å². The zero-order chi connectivity index (χ0) is 29.5. The maximum atomic E-state index is 15.5. The number of ether oxygens (including phenoxy) is 1. The van der Waals surface area contributed by atoms with Gasteiger partial charge in [0.25, 0.3) is 0 Å². The zero-order valence-corrected chi connectivity index (χ0v) is 23.0. The summed E-state index contributed by atoms with van der Waals surface area (Å²) < 4.78 is 51.8. The SMILES string of the molecule is OC1CCCCC(c2ccccc2F)c2cnc([nH]2)-c2cc(ccc2F)Oc2c(F)cc3[nH]ccc3c2CN2C=C1NN2.